The normalized spacial score (nSPS) is 18.0. The first-order valence-electron chi connectivity index (χ1n) is 4.03. The Kier molecular flexibility index (Phi) is 3.16. The van der Waals surface area contributed by atoms with E-state index in [1.165, 1.54) is 12.3 Å². The molecule has 0 spiro atoms. The Bertz CT molecular complexity index is 302. The van der Waals surface area contributed by atoms with Crippen LogP contribution in [-0.4, -0.2) is 34.3 Å². The molecule has 0 saturated carbocycles. The van der Waals surface area contributed by atoms with Gasteiger partial charge in [0.2, 0.25) is 0 Å². The molecular formula is C7H11BN2O4. The van der Waals surface area contributed by atoms with Crippen molar-refractivity contribution >= 4 is 13.0 Å². The number of aliphatic hydroxyl groups excluding tert-OH is 1. The van der Waals surface area contributed by atoms with E-state index in [1.807, 2.05) is 0 Å². The minimum atomic E-state index is -1.13. The Morgan fingerprint density at radius 2 is 2.36 bits per heavy atom. The number of carbonyl (C=O) groups is 1. The summed E-state index contributed by atoms with van der Waals surface area (Å²) < 4.78 is 0. The van der Waals surface area contributed by atoms with Gasteiger partial charge in [0.05, 0.1) is 0 Å². The molecule has 0 amide bonds. The molecule has 1 atom stereocenters. The molecule has 0 aromatic rings. The predicted molar refractivity (Wildman–Crippen MR) is 50.1 cm³/mol. The summed E-state index contributed by atoms with van der Waals surface area (Å²) in [5.74, 6) is -1.11. The predicted octanol–water partition coefficient (Wildman–Crippen LogP) is -1.26. The second kappa shape index (κ2) is 4.16. The van der Waals surface area contributed by atoms with Crippen LogP contribution in [0, 0.1) is 0 Å². The zero-order chi connectivity index (χ0) is 10.7. The van der Waals surface area contributed by atoms with E-state index in [2.05, 4.69) is 5.23 Å². The van der Waals surface area contributed by atoms with E-state index >= 15 is 0 Å². The highest BCUT2D eigenvalue weighted by Gasteiger charge is 2.22. The van der Waals surface area contributed by atoms with Crippen LogP contribution in [0.5, 0.6) is 0 Å². The summed E-state index contributed by atoms with van der Waals surface area (Å²) in [6, 6.07) is -1.01. The summed E-state index contributed by atoms with van der Waals surface area (Å²) in [5, 5.41) is 29.1. The van der Waals surface area contributed by atoms with Crippen LogP contribution in [0.25, 0.3) is 0 Å². The van der Waals surface area contributed by atoms with Crippen LogP contribution in [0.3, 0.4) is 0 Å². The van der Waals surface area contributed by atoms with Gasteiger partial charge in [0.25, 0.3) is 0 Å². The molecule has 0 saturated heterocycles. The van der Waals surface area contributed by atoms with E-state index < -0.39 is 19.1 Å². The number of nitrogens with one attached hydrogen (secondary N) is 1. The van der Waals surface area contributed by atoms with Gasteiger partial charge in [-0.25, -0.2) is 0 Å². The van der Waals surface area contributed by atoms with Crippen LogP contribution in [0.2, 0.25) is 0 Å². The Balaban J connectivity index is 2.60. The van der Waals surface area contributed by atoms with Crippen LogP contribution in [0.1, 0.15) is 6.42 Å². The van der Waals surface area contributed by atoms with Crippen molar-refractivity contribution in [3.63, 3.8) is 0 Å². The highest BCUT2D eigenvalue weighted by molar-refractivity contribution is 6.56. The van der Waals surface area contributed by atoms with Gasteiger partial charge in [0.1, 0.15) is 11.7 Å². The van der Waals surface area contributed by atoms with E-state index in [1.54, 1.807) is 0 Å². The van der Waals surface area contributed by atoms with E-state index in [0.717, 1.165) is 0 Å². The van der Waals surface area contributed by atoms with Gasteiger partial charge in [0, 0.05) is 0 Å². The molecule has 1 heterocycles. The first kappa shape index (κ1) is 10.6. The summed E-state index contributed by atoms with van der Waals surface area (Å²) in [6.07, 6.45) is 2.82. The summed E-state index contributed by atoms with van der Waals surface area (Å²) in [4.78, 5) is 10.4. The van der Waals surface area contributed by atoms with Crippen molar-refractivity contribution < 1.29 is 20.0 Å². The third-order valence-electron chi connectivity index (χ3n) is 1.81. The molecule has 0 aromatic carbocycles. The molecule has 14 heavy (non-hydrogen) atoms. The molecule has 7 heteroatoms. The van der Waals surface area contributed by atoms with Crippen LogP contribution in [0.15, 0.2) is 23.5 Å². The highest BCUT2D eigenvalue weighted by Crippen LogP contribution is 2.11. The fourth-order valence-corrected chi connectivity index (χ4v) is 1.04. The number of hydrogen-bond acceptors (Lipinski definition) is 5. The van der Waals surface area contributed by atoms with E-state index in [4.69, 9.17) is 21.0 Å². The van der Waals surface area contributed by atoms with Gasteiger partial charge in [0.15, 0.2) is 0 Å². The first-order valence-corrected chi connectivity index (χ1v) is 4.03. The number of allylic oxidation sites excluding steroid dienone is 1. The average Bonchev–Trinajstić information content (AvgIpc) is 2.11. The third-order valence-corrected chi connectivity index (χ3v) is 1.81. The molecule has 0 aliphatic carbocycles. The van der Waals surface area contributed by atoms with Crippen LogP contribution < -0.4 is 11.0 Å². The maximum Gasteiger partial charge on any atom is 0.483 e. The van der Waals surface area contributed by atoms with E-state index in [9.17, 15) is 4.79 Å². The van der Waals surface area contributed by atoms with Crippen molar-refractivity contribution in [3.05, 3.63) is 23.5 Å². The lowest BCUT2D eigenvalue weighted by Crippen LogP contribution is -2.36. The Hall–Kier alpha value is -1.47. The summed E-state index contributed by atoms with van der Waals surface area (Å²) in [6.45, 7) is 0. The van der Waals surface area contributed by atoms with Gasteiger partial charge >= 0.3 is 13.0 Å². The second-order valence-electron chi connectivity index (χ2n) is 3.01. The number of carboxylic acid groups (broad SMARTS) is 1. The quantitative estimate of drug-likeness (QED) is 0.361. The van der Waals surface area contributed by atoms with Crippen molar-refractivity contribution in [1.29, 1.82) is 0 Å². The van der Waals surface area contributed by atoms with Crippen LogP contribution in [0.4, 0.5) is 0 Å². The zero-order valence-corrected chi connectivity index (χ0v) is 7.34. The number of hydrogen-bond donors (Lipinski definition) is 5. The molecule has 76 valence electrons. The molecule has 1 unspecified atom stereocenters. The lowest BCUT2D eigenvalue weighted by atomic mass is 9.77. The summed E-state index contributed by atoms with van der Waals surface area (Å²) >= 11 is 0. The lowest BCUT2D eigenvalue weighted by molar-refractivity contribution is -0.138. The maximum absolute atomic E-state index is 10.4. The van der Waals surface area contributed by atoms with Crippen molar-refractivity contribution in [2.75, 3.05) is 0 Å². The van der Waals surface area contributed by atoms with E-state index in [-0.39, 0.29) is 12.1 Å². The van der Waals surface area contributed by atoms with Crippen LogP contribution >= 0.6 is 0 Å². The summed E-state index contributed by atoms with van der Waals surface area (Å²) in [7, 11) is -1.13. The SMILES string of the molecule is NC(CC1=CNB(O)C(O)=C1)C(=O)O. The number of rotatable bonds is 3. The third kappa shape index (κ3) is 2.51. The smallest absolute Gasteiger partial charge is 0.483 e. The molecule has 0 aromatic heterocycles. The Labute approximate surface area is 80.9 Å². The molecule has 0 radical (unpaired) electrons. The standard InChI is InChI=1S/C7H11BN2O4/c9-5(7(12)13)1-4-2-6(11)8(14)10-3-4/h2-3,5,10-11,14H,1,9H2,(H,12,13). The average molecular weight is 198 g/mol. The molecule has 1 aliphatic rings. The van der Waals surface area contributed by atoms with Gasteiger partial charge in [-0.1, -0.05) is 0 Å². The van der Waals surface area contributed by atoms with Crippen molar-refractivity contribution in [2.24, 2.45) is 5.73 Å². The number of aliphatic carboxylic acids is 1. The number of aliphatic hydroxyl groups is 1. The van der Waals surface area contributed by atoms with Gasteiger partial charge in [-0.2, -0.15) is 0 Å². The molecule has 0 fully saturated rings. The van der Waals surface area contributed by atoms with Crippen molar-refractivity contribution in [2.45, 2.75) is 12.5 Å². The molecule has 0 bridgehead atoms. The zero-order valence-electron chi connectivity index (χ0n) is 7.34. The fourth-order valence-electron chi connectivity index (χ4n) is 1.04. The minimum absolute atomic E-state index is 0.0963. The molecule has 1 aliphatic heterocycles. The topological polar surface area (TPSA) is 116 Å². The Morgan fingerprint density at radius 1 is 1.71 bits per heavy atom. The van der Waals surface area contributed by atoms with Gasteiger partial charge < -0.3 is 26.2 Å². The highest BCUT2D eigenvalue weighted by atomic mass is 16.4. The first-order chi connectivity index (χ1) is 6.50. The second-order valence-corrected chi connectivity index (χ2v) is 3.01. The number of carboxylic acids is 1. The van der Waals surface area contributed by atoms with Crippen LogP contribution in [-0.2, 0) is 4.79 Å². The monoisotopic (exact) mass is 198 g/mol. The Morgan fingerprint density at radius 3 is 2.86 bits per heavy atom. The molecule has 6 N–H and O–H groups in total. The fraction of sp³-hybridized carbons (Fsp3) is 0.286. The van der Waals surface area contributed by atoms with Crippen molar-refractivity contribution in [1.82, 2.24) is 5.23 Å². The lowest BCUT2D eigenvalue weighted by Gasteiger charge is -2.15. The maximum atomic E-state index is 10.4. The van der Waals surface area contributed by atoms with Crippen molar-refractivity contribution in [3.8, 4) is 0 Å². The molecule has 6 nitrogen and oxygen atoms in total. The van der Waals surface area contributed by atoms with E-state index in [0.29, 0.717) is 5.57 Å². The summed E-state index contributed by atoms with van der Waals surface area (Å²) in [5.41, 5.74) is 5.57. The number of nitrogens with two attached hydrogens (primary N) is 1. The molecule has 1 rings (SSSR count). The largest absolute Gasteiger partial charge is 0.517 e. The molecular weight excluding hydrogens is 187 g/mol. The minimum Gasteiger partial charge on any atom is -0.517 e. The van der Waals surface area contributed by atoms with Gasteiger partial charge in [-0.3, -0.25) is 4.79 Å². The van der Waals surface area contributed by atoms with Gasteiger partial charge in [-0.15, -0.1) is 0 Å². The van der Waals surface area contributed by atoms with Gasteiger partial charge in [-0.05, 0) is 24.3 Å².